The number of carbonyl (C=O) groups is 1. The minimum Gasteiger partial charge on any atom is -0.465 e. The van der Waals surface area contributed by atoms with Crippen molar-refractivity contribution >= 4 is 38.9 Å². The van der Waals surface area contributed by atoms with E-state index in [2.05, 4.69) is 4.90 Å². The number of rotatable bonds is 5. The van der Waals surface area contributed by atoms with Gasteiger partial charge in [0.15, 0.2) is 15.7 Å². The average Bonchev–Trinajstić information content (AvgIpc) is 3.40. The van der Waals surface area contributed by atoms with Crippen LogP contribution in [-0.4, -0.2) is 57.9 Å². The molecule has 1 aromatic heterocycles. The molecule has 0 atom stereocenters. The topological polar surface area (TPSA) is 89.0 Å². The van der Waals surface area contributed by atoms with Gasteiger partial charge >= 0.3 is 5.97 Å². The SMILES string of the molecule is COC(=O)c1ccc(Oc2nc(N3CCCC3)c(Cl)c3c2N(C2CCCCC2)CCS3(=O)=O)cc1. The zero-order valence-electron chi connectivity index (χ0n) is 19.8. The van der Waals surface area contributed by atoms with Crippen LogP contribution in [-0.2, 0) is 14.6 Å². The molecular formula is C25H30ClN3O5S. The molecule has 10 heteroatoms. The van der Waals surface area contributed by atoms with Crippen molar-refractivity contribution in [3.05, 3.63) is 34.9 Å². The molecular weight excluding hydrogens is 490 g/mol. The molecule has 8 nitrogen and oxygen atoms in total. The summed E-state index contributed by atoms with van der Waals surface area (Å²) in [5.74, 6) is 0.731. The molecule has 5 rings (SSSR count). The van der Waals surface area contributed by atoms with Crippen LogP contribution in [0.5, 0.6) is 11.6 Å². The minimum absolute atomic E-state index is 0.0208. The Balaban J connectivity index is 1.63. The van der Waals surface area contributed by atoms with Gasteiger partial charge in [-0.2, -0.15) is 4.98 Å². The second kappa shape index (κ2) is 9.85. The number of hydrogen-bond acceptors (Lipinski definition) is 8. The van der Waals surface area contributed by atoms with E-state index in [1.165, 1.54) is 13.5 Å². The fraction of sp³-hybridized carbons (Fsp3) is 0.520. The van der Waals surface area contributed by atoms with Gasteiger partial charge in [-0.1, -0.05) is 30.9 Å². The van der Waals surface area contributed by atoms with Crippen LogP contribution in [0.25, 0.3) is 0 Å². The van der Waals surface area contributed by atoms with Gasteiger partial charge in [0.1, 0.15) is 21.4 Å². The Morgan fingerprint density at radius 2 is 1.71 bits per heavy atom. The third-order valence-corrected chi connectivity index (χ3v) is 9.34. The molecule has 3 aliphatic rings. The van der Waals surface area contributed by atoms with Crippen LogP contribution in [0, 0.1) is 0 Å². The first-order valence-corrected chi connectivity index (χ1v) is 14.3. The number of sulfone groups is 1. The quantitative estimate of drug-likeness (QED) is 0.518. The van der Waals surface area contributed by atoms with Crippen LogP contribution in [0.1, 0.15) is 55.3 Å². The highest BCUT2D eigenvalue weighted by atomic mass is 35.5. The van der Waals surface area contributed by atoms with Crippen LogP contribution in [0.2, 0.25) is 5.02 Å². The number of hydrogen-bond donors (Lipinski definition) is 0. The maximum Gasteiger partial charge on any atom is 0.337 e. The molecule has 35 heavy (non-hydrogen) atoms. The van der Waals surface area contributed by atoms with Crippen molar-refractivity contribution in [1.29, 1.82) is 0 Å². The molecule has 1 aliphatic carbocycles. The van der Waals surface area contributed by atoms with E-state index in [9.17, 15) is 13.2 Å². The van der Waals surface area contributed by atoms with Crippen molar-refractivity contribution in [3.8, 4) is 11.6 Å². The third-order valence-electron chi connectivity index (χ3n) is 7.13. The van der Waals surface area contributed by atoms with Gasteiger partial charge in [0, 0.05) is 25.7 Å². The standard InChI is InChI=1S/C25H30ClN3O5S/c1-33-25(30)17-9-11-19(12-10-17)34-24-21-22(20(26)23(27-24)28-13-5-6-14-28)35(31,32)16-15-29(21)18-7-3-2-4-8-18/h9-12,18H,2-8,13-16H2,1H3. The summed E-state index contributed by atoms with van der Waals surface area (Å²) in [5, 5.41) is 0.191. The number of halogens is 1. The Morgan fingerprint density at radius 1 is 1.03 bits per heavy atom. The van der Waals surface area contributed by atoms with Gasteiger partial charge < -0.3 is 19.3 Å². The number of pyridine rings is 1. The van der Waals surface area contributed by atoms with Crippen molar-refractivity contribution in [2.45, 2.75) is 55.9 Å². The lowest BCUT2D eigenvalue weighted by molar-refractivity contribution is 0.0600. The van der Waals surface area contributed by atoms with E-state index in [0.29, 0.717) is 29.4 Å². The van der Waals surface area contributed by atoms with Crippen LogP contribution < -0.4 is 14.5 Å². The summed E-state index contributed by atoms with van der Waals surface area (Å²) in [7, 11) is -2.28. The second-order valence-corrected chi connectivity index (χ2v) is 11.8. The predicted octanol–water partition coefficient (Wildman–Crippen LogP) is 4.84. The van der Waals surface area contributed by atoms with Gasteiger partial charge in [-0.15, -0.1) is 0 Å². The number of benzene rings is 1. The lowest BCUT2D eigenvalue weighted by atomic mass is 9.94. The first kappa shape index (κ1) is 24.2. The maximum atomic E-state index is 13.4. The van der Waals surface area contributed by atoms with Crippen LogP contribution >= 0.6 is 11.6 Å². The normalized spacial score (nSPS) is 19.9. The number of methoxy groups -OCH3 is 1. The van der Waals surface area contributed by atoms with Crippen LogP contribution in [0.3, 0.4) is 0 Å². The predicted molar refractivity (Wildman–Crippen MR) is 135 cm³/mol. The number of aromatic nitrogens is 1. The highest BCUT2D eigenvalue weighted by molar-refractivity contribution is 7.91. The lowest BCUT2D eigenvalue weighted by Crippen LogP contribution is -2.44. The Kier molecular flexibility index (Phi) is 6.81. The summed E-state index contributed by atoms with van der Waals surface area (Å²) < 4.78 is 37.8. The molecule has 3 heterocycles. The van der Waals surface area contributed by atoms with Crippen LogP contribution in [0.15, 0.2) is 29.2 Å². The van der Waals surface area contributed by atoms with Gasteiger partial charge in [0.2, 0.25) is 5.88 Å². The number of ether oxygens (including phenoxy) is 2. The minimum atomic E-state index is -3.61. The first-order valence-electron chi connectivity index (χ1n) is 12.2. The van der Waals surface area contributed by atoms with Crippen molar-refractivity contribution in [2.75, 3.05) is 42.3 Å². The van der Waals surface area contributed by atoms with Crippen molar-refractivity contribution in [1.82, 2.24) is 4.98 Å². The lowest BCUT2D eigenvalue weighted by Gasteiger charge is -2.40. The highest BCUT2D eigenvalue weighted by Crippen LogP contribution is 2.48. The van der Waals surface area contributed by atoms with E-state index >= 15 is 0 Å². The number of nitrogens with zero attached hydrogens (tertiary/aromatic N) is 3. The Labute approximate surface area is 211 Å². The van der Waals surface area contributed by atoms with Gasteiger partial charge in [-0.3, -0.25) is 0 Å². The smallest absolute Gasteiger partial charge is 0.337 e. The van der Waals surface area contributed by atoms with E-state index in [0.717, 1.165) is 51.6 Å². The van der Waals surface area contributed by atoms with Crippen molar-refractivity contribution < 1.29 is 22.7 Å². The summed E-state index contributed by atoms with van der Waals surface area (Å²) in [6.07, 6.45) is 7.42. The Bertz CT molecular complexity index is 1210. The second-order valence-electron chi connectivity index (χ2n) is 9.35. The molecule has 0 unspecified atom stereocenters. The zero-order valence-corrected chi connectivity index (χ0v) is 21.4. The number of fused-ring (bicyclic) bond motifs is 1. The number of carbonyl (C=O) groups excluding carboxylic acids is 1. The van der Waals surface area contributed by atoms with Gasteiger partial charge in [0.25, 0.3) is 0 Å². The fourth-order valence-corrected chi connectivity index (χ4v) is 7.43. The summed E-state index contributed by atoms with van der Waals surface area (Å²) >= 11 is 6.83. The van der Waals surface area contributed by atoms with E-state index in [4.69, 9.17) is 26.1 Å². The molecule has 0 bridgehead atoms. The monoisotopic (exact) mass is 519 g/mol. The number of esters is 1. The molecule has 0 N–H and O–H groups in total. The summed E-state index contributed by atoms with van der Waals surface area (Å²) in [5.41, 5.74) is 0.864. The molecule has 2 fully saturated rings. The summed E-state index contributed by atoms with van der Waals surface area (Å²) in [6, 6.07) is 6.76. The van der Waals surface area contributed by atoms with Crippen LogP contribution in [0.4, 0.5) is 11.5 Å². The first-order chi connectivity index (χ1) is 16.9. The molecule has 188 valence electrons. The van der Waals surface area contributed by atoms with E-state index in [1.54, 1.807) is 24.3 Å². The Hall–Kier alpha value is -2.52. The molecule has 0 spiro atoms. The third kappa shape index (κ3) is 4.68. The van der Waals surface area contributed by atoms with Gasteiger partial charge in [-0.25, -0.2) is 13.2 Å². The molecule has 0 amide bonds. The largest absolute Gasteiger partial charge is 0.465 e. The average molecular weight is 520 g/mol. The fourth-order valence-electron chi connectivity index (χ4n) is 5.33. The van der Waals surface area contributed by atoms with E-state index in [1.807, 2.05) is 4.90 Å². The van der Waals surface area contributed by atoms with Crippen molar-refractivity contribution in [2.24, 2.45) is 0 Å². The zero-order chi connectivity index (χ0) is 24.6. The maximum absolute atomic E-state index is 13.4. The van der Waals surface area contributed by atoms with Gasteiger partial charge in [0.05, 0.1) is 18.4 Å². The highest BCUT2D eigenvalue weighted by Gasteiger charge is 2.40. The molecule has 1 saturated carbocycles. The molecule has 1 saturated heterocycles. The molecule has 2 aromatic rings. The summed E-state index contributed by atoms with van der Waals surface area (Å²) in [4.78, 5) is 21.0. The summed E-state index contributed by atoms with van der Waals surface area (Å²) in [6.45, 7) is 1.93. The van der Waals surface area contributed by atoms with Gasteiger partial charge in [-0.05, 0) is 49.9 Å². The molecule has 1 aromatic carbocycles. The Morgan fingerprint density at radius 3 is 2.37 bits per heavy atom. The van der Waals surface area contributed by atoms with E-state index < -0.39 is 15.8 Å². The molecule has 2 aliphatic heterocycles. The van der Waals surface area contributed by atoms with E-state index in [-0.39, 0.29) is 27.6 Å². The number of anilines is 2. The molecule has 0 radical (unpaired) electrons. The van der Waals surface area contributed by atoms with Crippen molar-refractivity contribution in [3.63, 3.8) is 0 Å².